The van der Waals surface area contributed by atoms with Gasteiger partial charge in [0.15, 0.2) is 0 Å². The lowest BCUT2D eigenvalue weighted by Gasteiger charge is -2.29. The molecule has 1 heteroatoms. The Morgan fingerprint density at radius 3 is 2.15 bits per heavy atom. The summed E-state index contributed by atoms with van der Waals surface area (Å²) in [4.78, 5) is 0. The Bertz CT molecular complexity index is 743. The number of unbranched alkanes of at least 4 members (excludes halogenated alkanes) is 2. The first-order valence-electron chi connectivity index (χ1n) is 10.9. The van der Waals surface area contributed by atoms with Gasteiger partial charge < -0.3 is 0 Å². The molecular formula is C26H35F. The lowest BCUT2D eigenvalue weighted by molar-refractivity contribution is 0.302. The molecule has 2 aromatic rings. The molecule has 0 atom stereocenters. The van der Waals surface area contributed by atoms with Gasteiger partial charge in [-0.1, -0.05) is 56.9 Å². The Hall–Kier alpha value is -1.63. The molecule has 0 N–H and O–H groups in total. The van der Waals surface area contributed by atoms with Gasteiger partial charge in [0.2, 0.25) is 0 Å². The van der Waals surface area contributed by atoms with E-state index in [2.05, 4.69) is 45.9 Å². The van der Waals surface area contributed by atoms with Gasteiger partial charge >= 0.3 is 0 Å². The topological polar surface area (TPSA) is 0 Å². The molecule has 1 fully saturated rings. The summed E-state index contributed by atoms with van der Waals surface area (Å²) in [5.41, 5.74) is 6.69. The monoisotopic (exact) mass is 366 g/mol. The van der Waals surface area contributed by atoms with Crippen LogP contribution in [0.25, 0.3) is 11.1 Å². The highest BCUT2D eigenvalue weighted by atomic mass is 19.1. The summed E-state index contributed by atoms with van der Waals surface area (Å²) in [6.45, 7) is 8.62. The van der Waals surface area contributed by atoms with Gasteiger partial charge in [-0.25, -0.2) is 4.39 Å². The van der Waals surface area contributed by atoms with Crippen LogP contribution in [0.15, 0.2) is 30.3 Å². The molecule has 27 heavy (non-hydrogen) atoms. The normalized spacial score (nSPS) is 20.0. The van der Waals surface area contributed by atoms with Crippen molar-refractivity contribution in [2.45, 2.75) is 85.0 Å². The van der Waals surface area contributed by atoms with E-state index in [1.807, 2.05) is 12.1 Å². The van der Waals surface area contributed by atoms with E-state index in [0.29, 0.717) is 5.92 Å². The summed E-state index contributed by atoms with van der Waals surface area (Å²) in [5.74, 6) is 1.37. The largest absolute Gasteiger partial charge is 0.206 e. The van der Waals surface area contributed by atoms with Crippen molar-refractivity contribution in [1.82, 2.24) is 0 Å². The molecule has 3 rings (SSSR count). The lowest BCUT2D eigenvalue weighted by Crippen LogP contribution is -2.13. The summed E-state index contributed by atoms with van der Waals surface area (Å²) in [6.07, 6.45) is 10.5. The Morgan fingerprint density at radius 1 is 0.889 bits per heavy atom. The zero-order valence-electron chi connectivity index (χ0n) is 17.6. The molecule has 0 amide bonds. The van der Waals surface area contributed by atoms with Crippen molar-refractivity contribution in [3.8, 4) is 11.1 Å². The zero-order chi connectivity index (χ0) is 19.4. The van der Waals surface area contributed by atoms with E-state index >= 15 is 0 Å². The second-order valence-electron chi connectivity index (χ2n) is 8.69. The molecule has 1 aliphatic carbocycles. The van der Waals surface area contributed by atoms with E-state index in [9.17, 15) is 4.39 Å². The molecule has 0 radical (unpaired) electrons. The first kappa shape index (κ1) is 20.1. The van der Waals surface area contributed by atoms with Crippen molar-refractivity contribution >= 4 is 0 Å². The maximum Gasteiger partial charge on any atom is 0.131 e. The van der Waals surface area contributed by atoms with Crippen molar-refractivity contribution in [3.63, 3.8) is 0 Å². The maximum absolute atomic E-state index is 14.9. The smallest absolute Gasteiger partial charge is 0.131 e. The van der Waals surface area contributed by atoms with E-state index in [4.69, 9.17) is 0 Å². The van der Waals surface area contributed by atoms with Gasteiger partial charge in [0.25, 0.3) is 0 Å². The van der Waals surface area contributed by atoms with Crippen molar-refractivity contribution in [3.05, 3.63) is 58.4 Å². The summed E-state index contributed by atoms with van der Waals surface area (Å²) < 4.78 is 14.9. The fraction of sp³-hybridized carbons (Fsp3) is 0.538. The van der Waals surface area contributed by atoms with Crippen LogP contribution in [-0.4, -0.2) is 0 Å². The minimum Gasteiger partial charge on any atom is -0.206 e. The molecule has 0 aliphatic heterocycles. The molecule has 0 nitrogen and oxygen atoms in total. The standard InChI is InChI=1S/C26H35F/c1-5-6-7-8-21-9-11-22(12-10-21)23-13-14-25(26(27)17-23)24-15-18(2)20(4)19(3)16-24/h13-17,21-22H,5-12H2,1-4H3. The third-order valence-corrected chi connectivity index (χ3v) is 6.77. The number of halogens is 1. The van der Waals surface area contributed by atoms with Gasteiger partial charge in [0.05, 0.1) is 0 Å². The number of benzene rings is 2. The lowest BCUT2D eigenvalue weighted by atomic mass is 9.77. The zero-order valence-corrected chi connectivity index (χ0v) is 17.6. The van der Waals surface area contributed by atoms with Crippen LogP contribution in [0.1, 0.15) is 86.5 Å². The first-order chi connectivity index (χ1) is 13.0. The van der Waals surface area contributed by atoms with Gasteiger partial charge in [-0.2, -0.15) is 0 Å². The predicted molar refractivity (Wildman–Crippen MR) is 115 cm³/mol. The Kier molecular flexibility index (Phi) is 6.73. The minimum absolute atomic E-state index is 0.0692. The number of hydrogen-bond acceptors (Lipinski definition) is 0. The molecule has 0 bridgehead atoms. The highest BCUT2D eigenvalue weighted by Gasteiger charge is 2.23. The van der Waals surface area contributed by atoms with Gasteiger partial charge in [-0.05, 0) is 92.2 Å². The summed E-state index contributed by atoms with van der Waals surface area (Å²) in [7, 11) is 0. The Morgan fingerprint density at radius 2 is 1.56 bits per heavy atom. The van der Waals surface area contributed by atoms with E-state index in [1.54, 1.807) is 0 Å². The molecule has 0 unspecified atom stereocenters. The summed E-state index contributed by atoms with van der Waals surface area (Å²) in [5, 5.41) is 0. The fourth-order valence-electron chi connectivity index (χ4n) is 4.68. The minimum atomic E-state index is -0.0692. The van der Waals surface area contributed by atoms with E-state index < -0.39 is 0 Å². The quantitative estimate of drug-likeness (QED) is 0.451. The van der Waals surface area contributed by atoms with Crippen molar-refractivity contribution < 1.29 is 4.39 Å². The molecule has 0 spiro atoms. The summed E-state index contributed by atoms with van der Waals surface area (Å²) >= 11 is 0. The number of rotatable bonds is 6. The molecule has 0 heterocycles. The fourth-order valence-corrected chi connectivity index (χ4v) is 4.68. The second-order valence-corrected chi connectivity index (χ2v) is 8.69. The van der Waals surface area contributed by atoms with Gasteiger partial charge in [0.1, 0.15) is 5.82 Å². The van der Waals surface area contributed by atoms with Crippen molar-refractivity contribution in [2.75, 3.05) is 0 Å². The molecule has 0 saturated heterocycles. The van der Waals surface area contributed by atoms with Crippen LogP contribution in [0.4, 0.5) is 4.39 Å². The van der Waals surface area contributed by atoms with Crippen LogP contribution >= 0.6 is 0 Å². The van der Waals surface area contributed by atoms with Crippen molar-refractivity contribution in [2.24, 2.45) is 5.92 Å². The Balaban J connectivity index is 1.69. The van der Waals surface area contributed by atoms with E-state index in [0.717, 1.165) is 17.0 Å². The highest BCUT2D eigenvalue weighted by molar-refractivity contribution is 5.67. The van der Waals surface area contributed by atoms with Gasteiger partial charge in [0, 0.05) is 5.56 Å². The first-order valence-corrected chi connectivity index (χ1v) is 10.9. The third-order valence-electron chi connectivity index (χ3n) is 6.77. The second kappa shape index (κ2) is 9.04. The average Bonchev–Trinajstić information content (AvgIpc) is 2.66. The molecule has 2 aromatic carbocycles. The Labute approximate surface area is 165 Å². The van der Waals surface area contributed by atoms with Crippen LogP contribution in [-0.2, 0) is 0 Å². The van der Waals surface area contributed by atoms with E-state index in [1.165, 1.54) is 73.6 Å². The van der Waals surface area contributed by atoms with Gasteiger partial charge in [-0.15, -0.1) is 0 Å². The van der Waals surface area contributed by atoms with Crippen molar-refractivity contribution in [1.29, 1.82) is 0 Å². The van der Waals surface area contributed by atoms with Crippen LogP contribution in [0, 0.1) is 32.5 Å². The SMILES string of the molecule is CCCCCC1CCC(c2ccc(-c3cc(C)c(C)c(C)c3)c(F)c2)CC1. The molecule has 1 saturated carbocycles. The number of aryl methyl sites for hydroxylation is 2. The summed E-state index contributed by atoms with van der Waals surface area (Å²) in [6, 6.07) is 10.2. The van der Waals surface area contributed by atoms with Crippen LogP contribution < -0.4 is 0 Å². The molecule has 1 aliphatic rings. The van der Waals surface area contributed by atoms with Crippen LogP contribution in [0.5, 0.6) is 0 Å². The molecule has 146 valence electrons. The average molecular weight is 367 g/mol. The third kappa shape index (κ3) is 4.81. The maximum atomic E-state index is 14.9. The number of hydrogen-bond donors (Lipinski definition) is 0. The van der Waals surface area contributed by atoms with E-state index in [-0.39, 0.29) is 5.82 Å². The van der Waals surface area contributed by atoms with Gasteiger partial charge in [-0.3, -0.25) is 0 Å². The van der Waals surface area contributed by atoms with Crippen LogP contribution in [0.2, 0.25) is 0 Å². The van der Waals surface area contributed by atoms with Crippen LogP contribution in [0.3, 0.4) is 0 Å². The molecule has 0 aromatic heterocycles. The highest BCUT2D eigenvalue weighted by Crippen LogP contribution is 2.39. The molecular weight excluding hydrogens is 331 g/mol. The predicted octanol–water partition coefficient (Wildman–Crippen LogP) is 8.27.